The molecule has 0 spiro atoms. The Bertz CT molecular complexity index is 528. The fourth-order valence-electron chi connectivity index (χ4n) is 2.04. The van der Waals surface area contributed by atoms with Crippen molar-refractivity contribution in [2.45, 2.75) is 24.9 Å². The molecular formula is C17H21NO3. The Labute approximate surface area is 124 Å². The molecule has 0 saturated heterocycles. The fourth-order valence-corrected chi connectivity index (χ4v) is 2.04. The predicted octanol–water partition coefficient (Wildman–Crippen LogP) is 1.45. The van der Waals surface area contributed by atoms with E-state index in [1.807, 2.05) is 60.7 Å². The smallest absolute Gasteiger partial charge is 0.184 e. The number of aliphatic hydroxyl groups is 2. The van der Waals surface area contributed by atoms with Crippen LogP contribution in [0.3, 0.4) is 0 Å². The monoisotopic (exact) mass is 287 g/mol. The maximum atomic E-state index is 10.1. The van der Waals surface area contributed by atoms with E-state index in [0.717, 1.165) is 11.1 Å². The molecule has 2 rings (SSSR count). The molecule has 0 heterocycles. The SMILES string of the molecule is N[C@@H](COCc1ccccc1)C(O)(O)Cc1ccccc1. The molecule has 1 atom stereocenters. The van der Waals surface area contributed by atoms with E-state index in [0.29, 0.717) is 6.61 Å². The molecule has 0 saturated carbocycles. The lowest BCUT2D eigenvalue weighted by atomic mass is 9.99. The van der Waals surface area contributed by atoms with Crippen molar-refractivity contribution in [3.63, 3.8) is 0 Å². The minimum Gasteiger partial charge on any atom is -0.375 e. The quantitative estimate of drug-likeness (QED) is 0.674. The maximum Gasteiger partial charge on any atom is 0.184 e. The second kappa shape index (κ2) is 7.33. The van der Waals surface area contributed by atoms with Gasteiger partial charge in [0, 0.05) is 6.42 Å². The van der Waals surface area contributed by atoms with Gasteiger partial charge in [0.1, 0.15) is 0 Å². The van der Waals surface area contributed by atoms with E-state index in [1.165, 1.54) is 0 Å². The lowest BCUT2D eigenvalue weighted by molar-refractivity contribution is -0.185. The van der Waals surface area contributed by atoms with E-state index in [9.17, 15) is 10.2 Å². The minimum atomic E-state index is -1.99. The largest absolute Gasteiger partial charge is 0.375 e. The molecule has 21 heavy (non-hydrogen) atoms. The van der Waals surface area contributed by atoms with Crippen molar-refractivity contribution in [1.82, 2.24) is 0 Å². The number of hydrogen-bond donors (Lipinski definition) is 3. The summed E-state index contributed by atoms with van der Waals surface area (Å²) in [5, 5.41) is 20.2. The molecule has 0 aromatic heterocycles. The molecular weight excluding hydrogens is 266 g/mol. The summed E-state index contributed by atoms with van der Waals surface area (Å²) in [7, 11) is 0. The van der Waals surface area contributed by atoms with Crippen molar-refractivity contribution in [2.24, 2.45) is 5.73 Å². The lowest BCUT2D eigenvalue weighted by Gasteiger charge is -2.28. The van der Waals surface area contributed by atoms with Crippen molar-refractivity contribution in [3.05, 3.63) is 71.8 Å². The topological polar surface area (TPSA) is 75.7 Å². The Balaban J connectivity index is 1.82. The highest BCUT2D eigenvalue weighted by atomic mass is 16.5. The summed E-state index contributed by atoms with van der Waals surface area (Å²) in [4.78, 5) is 0. The molecule has 0 amide bonds. The fraction of sp³-hybridized carbons (Fsp3) is 0.294. The van der Waals surface area contributed by atoms with Gasteiger partial charge in [0.25, 0.3) is 0 Å². The van der Waals surface area contributed by atoms with Crippen molar-refractivity contribution < 1.29 is 14.9 Å². The van der Waals surface area contributed by atoms with Gasteiger partial charge >= 0.3 is 0 Å². The molecule has 0 bridgehead atoms. The summed E-state index contributed by atoms with van der Waals surface area (Å²) in [6, 6.07) is 18.0. The average molecular weight is 287 g/mol. The number of hydrogen-bond acceptors (Lipinski definition) is 4. The molecule has 2 aromatic carbocycles. The Hall–Kier alpha value is -1.72. The predicted molar refractivity (Wildman–Crippen MR) is 81.4 cm³/mol. The molecule has 0 aliphatic rings. The lowest BCUT2D eigenvalue weighted by Crippen LogP contribution is -2.52. The standard InChI is InChI=1S/C17H21NO3/c18-16(13-21-12-15-9-5-2-6-10-15)17(19,20)11-14-7-3-1-4-8-14/h1-10,16,19-20H,11-13,18H2/t16-/m0/s1. The summed E-state index contributed by atoms with van der Waals surface area (Å²) in [5.74, 6) is -1.99. The molecule has 0 aliphatic carbocycles. The first-order valence-corrected chi connectivity index (χ1v) is 6.94. The van der Waals surface area contributed by atoms with E-state index in [1.54, 1.807) is 0 Å². The van der Waals surface area contributed by atoms with E-state index < -0.39 is 11.8 Å². The van der Waals surface area contributed by atoms with Crippen LogP contribution < -0.4 is 5.73 Å². The highest BCUT2D eigenvalue weighted by Crippen LogP contribution is 2.14. The number of nitrogens with two attached hydrogens (primary N) is 1. The van der Waals surface area contributed by atoms with Crippen molar-refractivity contribution in [2.75, 3.05) is 6.61 Å². The minimum absolute atomic E-state index is 0.0731. The molecule has 4 nitrogen and oxygen atoms in total. The van der Waals surface area contributed by atoms with Gasteiger partial charge in [-0.1, -0.05) is 60.7 Å². The average Bonchev–Trinajstić information content (AvgIpc) is 2.49. The third-order valence-corrected chi connectivity index (χ3v) is 3.31. The molecule has 4 N–H and O–H groups in total. The Morgan fingerprint density at radius 3 is 2.00 bits per heavy atom. The summed E-state index contributed by atoms with van der Waals surface area (Å²) in [6.45, 7) is 0.477. The van der Waals surface area contributed by atoms with Crippen LogP contribution in [0.5, 0.6) is 0 Å². The third kappa shape index (κ3) is 4.95. The molecule has 112 valence electrons. The molecule has 0 unspecified atom stereocenters. The van der Waals surface area contributed by atoms with Crippen molar-refractivity contribution >= 4 is 0 Å². The summed E-state index contributed by atoms with van der Waals surface area (Å²) >= 11 is 0. The number of rotatable bonds is 7. The maximum absolute atomic E-state index is 10.1. The highest BCUT2D eigenvalue weighted by Gasteiger charge is 2.32. The van der Waals surface area contributed by atoms with Gasteiger partial charge in [-0.3, -0.25) is 0 Å². The zero-order valence-electron chi connectivity index (χ0n) is 11.9. The Morgan fingerprint density at radius 2 is 1.43 bits per heavy atom. The highest BCUT2D eigenvalue weighted by molar-refractivity contribution is 5.17. The van der Waals surface area contributed by atoms with Crippen LogP contribution in [0.25, 0.3) is 0 Å². The van der Waals surface area contributed by atoms with E-state index in [2.05, 4.69) is 0 Å². The summed E-state index contributed by atoms with van der Waals surface area (Å²) < 4.78 is 5.46. The van der Waals surface area contributed by atoms with Gasteiger partial charge < -0.3 is 20.7 Å². The number of benzene rings is 2. The first-order chi connectivity index (χ1) is 10.1. The molecule has 0 radical (unpaired) electrons. The van der Waals surface area contributed by atoms with Gasteiger partial charge in [-0.25, -0.2) is 0 Å². The van der Waals surface area contributed by atoms with Crippen LogP contribution >= 0.6 is 0 Å². The van der Waals surface area contributed by atoms with Crippen LogP contribution in [0.2, 0.25) is 0 Å². The Morgan fingerprint density at radius 1 is 0.905 bits per heavy atom. The van der Waals surface area contributed by atoms with Gasteiger partial charge in [-0.15, -0.1) is 0 Å². The van der Waals surface area contributed by atoms with Gasteiger partial charge in [0.2, 0.25) is 0 Å². The van der Waals surface area contributed by atoms with Crippen LogP contribution in [0.15, 0.2) is 60.7 Å². The van der Waals surface area contributed by atoms with E-state index >= 15 is 0 Å². The van der Waals surface area contributed by atoms with Crippen molar-refractivity contribution in [3.8, 4) is 0 Å². The molecule has 0 aliphatic heterocycles. The number of ether oxygens (including phenoxy) is 1. The second-order valence-corrected chi connectivity index (χ2v) is 5.15. The van der Waals surface area contributed by atoms with Gasteiger partial charge in [-0.05, 0) is 11.1 Å². The van der Waals surface area contributed by atoms with Crippen LogP contribution in [0.4, 0.5) is 0 Å². The zero-order valence-corrected chi connectivity index (χ0v) is 11.9. The third-order valence-electron chi connectivity index (χ3n) is 3.31. The Kier molecular flexibility index (Phi) is 5.47. The first-order valence-electron chi connectivity index (χ1n) is 6.94. The van der Waals surface area contributed by atoms with Crippen LogP contribution in [-0.2, 0) is 17.8 Å². The van der Waals surface area contributed by atoms with Crippen LogP contribution in [0, 0.1) is 0 Å². The molecule has 4 heteroatoms. The summed E-state index contributed by atoms with van der Waals surface area (Å²) in [6.07, 6.45) is 0.0731. The molecule has 0 fully saturated rings. The van der Waals surface area contributed by atoms with Crippen LogP contribution in [0.1, 0.15) is 11.1 Å². The summed E-state index contributed by atoms with van der Waals surface area (Å²) in [5.41, 5.74) is 7.68. The zero-order chi connectivity index (χ0) is 15.1. The van der Waals surface area contributed by atoms with Gasteiger partial charge in [-0.2, -0.15) is 0 Å². The first kappa shape index (κ1) is 15.7. The van der Waals surface area contributed by atoms with Gasteiger partial charge in [0.15, 0.2) is 5.79 Å². The normalized spacial score (nSPS) is 13.1. The second-order valence-electron chi connectivity index (χ2n) is 5.15. The van der Waals surface area contributed by atoms with E-state index in [-0.39, 0.29) is 13.0 Å². The molecule has 2 aromatic rings. The van der Waals surface area contributed by atoms with E-state index in [4.69, 9.17) is 10.5 Å². The van der Waals surface area contributed by atoms with Crippen molar-refractivity contribution in [1.29, 1.82) is 0 Å². The van der Waals surface area contributed by atoms with Gasteiger partial charge in [0.05, 0.1) is 19.3 Å². The van der Waals surface area contributed by atoms with Crippen LogP contribution in [-0.4, -0.2) is 28.6 Å².